The van der Waals surface area contributed by atoms with Gasteiger partial charge in [0.1, 0.15) is 6.23 Å². The van der Waals surface area contributed by atoms with Crippen molar-refractivity contribution in [2.45, 2.75) is 70.9 Å². The molecule has 0 bridgehead atoms. The summed E-state index contributed by atoms with van der Waals surface area (Å²) in [5.74, 6) is 0. The van der Waals surface area contributed by atoms with E-state index in [1.807, 2.05) is 5.32 Å². The van der Waals surface area contributed by atoms with Crippen LogP contribution in [0, 0.1) is 0 Å². The van der Waals surface area contributed by atoms with Gasteiger partial charge in [0, 0.05) is 0 Å². The van der Waals surface area contributed by atoms with Crippen LogP contribution in [0.1, 0.15) is 64.7 Å². The highest BCUT2D eigenvalue weighted by Gasteiger charge is 2.05. The van der Waals surface area contributed by atoms with E-state index in [0.29, 0.717) is 6.42 Å². The molecule has 0 aromatic rings. The molecule has 0 saturated carbocycles. The number of hydrogen-bond acceptors (Lipinski definition) is 2. The molecular formula is C12H25NO3. The van der Waals surface area contributed by atoms with Gasteiger partial charge in [-0.25, -0.2) is 4.79 Å². The summed E-state index contributed by atoms with van der Waals surface area (Å²) in [5.41, 5.74) is 0. The van der Waals surface area contributed by atoms with Gasteiger partial charge >= 0.3 is 6.09 Å². The van der Waals surface area contributed by atoms with E-state index in [1.54, 1.807) is 0 Å². The minimum Gasteiger partial charge on any atom is -0.465 e. The molecule has 0 rings (SSSR count). The number of aliphatic hydroxyl groups is 1. The van der Waals surface area contributed by atoms with Gasteiger partial charge in [0.25, 0.3) is 0 Å². The number of unbranched alkanes of at least 4 members (excludes halogenated alkanes) is 7. The zero-order chi connectivity index (χ0) is 12.2. The summed E-state index contributed by atoms with van der Waals surface area (Å²) in [6, 6.07) is 0. The predicted molar refractivity (Wildman–Crippen MR) is 64.4 cm³/mol. The van der Waals surface area contributed by atoms with Gasteiger partial charge in [-0.15, -0.1) is 0 Å². The highest BCUT2D eigenvalue weighted by atomic mass is 16.4. The molecule has 0 fully saturated rings. The van der Waals surface area contributed by atoms with Gasteiger partial charge in [0.15, 0.2) is 0 Å². The van der Waals surface area contributed by atoms with Crippen LogP contribution in [0.25, 0.3) is 0 Å². The second-order valence-corrected chi connectivity index (χ2v) is 4.23. The molecule has 1 atom stereocenters. The maximum atomic E-state index is 10.2. The predicted octanol–water partition coefficient (Wildman–Crippen LogP) is 3.10. The van der Waals surface area contributed by atoms with Gasteiger partial charge in [0.2, 0.25) is 0 Å². The summed E-state index contributed by atoms with van der Waals surface area (Å²) in [6.45, 7) is 2.21. The van der Waals surface area contributed by atoms with E-state index in [0.717, 1.165) is 12.8 Å². The average molecular weight is 231 g/mol. The van der Waals surface area contributed by atoms with Crippen LogP contribution in [0.2, 0.25) is 0 Å². The number of carbonyl (C=O) groups is 1. The quantitative estimate of drug-likeness (QED) is 0.399. The van der Waals surface area contributed by atoms with E-state index >= 15 is 0 Å². The fourth-order valence-electron chi connectivity index (χ4n) is 1.69. The summed E-state index contributed by atoms with van der Waals surface area (Å²) in [7, 11) is 0. The molecule has 0 aliphatic carbocycles. The molecule has 16 heavy (non-hydrogen) atoms. The molecule has 1 unspecified atom stereocenters. The summed E-state index contributed by atoms with van der Waals surface area (Å²) >= 11 is 0. The van der Waals surface area contributed by atoms with E-state index in [4.69, 9.17) is 5.11 Å². The lowest BCUT2D eigenvalue weighted by Gasteiger charge is -2.09. The van der Waals surface area contributed by atoms with Crippen molar-refractivity contribution in [2.75, 3.05) is 0 Å². The molecule has 0 heterocycles. The first-order chi connectivity index (χ1) is 7.66. The van der Waals surface area contributed by atoms with Gasteiger partial charge in [0.05, 0.1) is 0 Å². The van der Waals surface area contributed by atoms with E-state index in [9.17, 15) is 9.90 Å². The molecule has 0 aliphatic heterocycles. The Morgan fingerprint density at radius 2 is 1.56 bits per heavy atom. The molecule has 0 saturated heterocycles. The fourth-order valence-corrected chi connectivity index (χ4v) is 1.69. The molecule has 3 N–H and O–H groups in total. The molecule has 4 heteroatoms. The average Bonchev–Trinajstić information content (AvgIpc) is 2.21. The number of hydrogen-bond donors (Lipinski definition) is 3. The first-order valence-electron chi connectivity index (χ1n) is 6.34. The minimum atomic E-state index is -1.16. The van der Waals surface area contributed by atoms with Crippen LogP contribution in [0.3, 0.4) is 0 Å². The van der Waals surface area contributed by atoms with E-state index in [-0.39, 0.29) is 0 Å². The first kappa shape index (κ1) is 15.2. The van der Waals surface area contributed by atoms with Crippen molar-refractivity contribution < 1.29 is 15.0 Å². The molecule has 4 nitrogen and oxygen atoms in total. The SMILES string of the molecule is CCCCCCCCCCC(O)NC(=O)O. The van der Waals surface area contributed by atoms with Crippen molar-refractivity contribution in [2.24, 2.45) is 0 Å². The second-order valence-electron chi connectivity index (χ2n) is 4.23. The Hall–Kier alpha value is -0.770. The van der Waals surface area contributed by atoms with Crippen LogP contribution in [-0.2, 0) is 0 Å². The summed E-state index contributed by atoms with van der Waals surface area (Å²) in [5, 5.41) is 19.6. The summed E-state index contributed by atoms with van der Waals surface area (Å²) in [6.07, 6.45) is 8.05. The Morgan fingerprint density at radius 1 is 1.06 bits per heavy atom. The lowest BCUT2D eigenvalue weighted by atomic mass is 10.1. The van der Waals surface area contributed by atoms with Gasteiger partial charge in [-0.1, -0.05) is 51.9 Å². The second kappa shape index (κ2) is 10.7. The number of amides is 1. The largest absolute Gasteiger partial charge is 0.465 e. The molecule has 0 aromatic carbocycles. The third kappa shape index (κ3) is 11.3. The topological polar surface area (TPSA) is 69.6 Å². The Balaban J connectivity index is 3.11. The third-order valence-electron chi connectivity index (χ3n) is 2.62. The van der Waals surface area contributed by atoms with Crippen LogP contribution >= 0.6 is 0 Å². The minimum absolute atomic E-state index is 0.515. The van der Waals surface area contributed by atoms with Crippen LogP contribution in [0.15, 0.2) is 0 Å². The van der Waals surface area contributed by atoms with Crippen molar-refractivity contribution >= 4 is 6.09 Å². The number of rotatable bonds is 10. The van der Waals surface area contributed by atoms with E-state index in [2.05, 4.69) is 6.92 Å². The Bertz CT molecular complexity index is 174. The maximum absolute atomic E-state index is 10.2. The van der Waals surface area contributed by atoms with E-state index in [1.165, 1.54) is 38.5 Å². The van der Waals surface area contributed by atoms with Gasteiger partial charge in [-0.2, -0.15) is 0 Å². The molecular weight excluding hydrogens is 206 g/mol. The number of nitrogens with one attached hydrogen (secondary N) is 1. The fraction of sp³-hybridized carbons (Fsp3) is 0.917. The lowest BCUT2D eigenvalue weighted by molar-refractivity contribution is 0.112. The number of carboxylic acid groups (broad SMARTS) is 1. The monoisotopic (exact) mass is 231 g/mol. The summed E-state index contributed by atoms with van der Waals surface area (Å²) in [4.78, 5) is 10.2. The molecule has 0 radical (unpaired) electrons. The van der Waals surface area contributed by atoms with Crippen LogP contribution in [-0.4, -0.2) is 22.5 Å². The van der Waals surface area contributed by atoms with Crippen LogP contribution < -0.4 is 5.32 Å². The van der Waals surface area contributed by atoms with Crippen LogP contribution in [0.5, 0.6) is 0 Å². The summed E-state index contributed by atoms with van der Waals surface area (Å²) < 4.78 is 0. The van der Waals surface area contributed by atoms with Gasteiger partial charge in [-0.05, 0) is 12.8 Å². The lowest BCUT2D eigenvalue weighted by Crippen LogP contribution is -2.33. The van der Waals surface area contributed by atoms with Crippen molar-refractivity contribution in [3.63, 3.8) is 0 Å². The van der Waals surface area contributed by atoms with Gasteiger partial charge < -0.3 is 10.2 Å². The van der Waals surface area contributed by atoms with Gasteiger partial charge in [-0.3, -0.25) is 5.32 Å². The zero-order valence-electron chi connectivity index (χ0n) is 10.2. The Kier molecular flexibility index (Phi) is 10.2. The third-order valence-corrected chi connectivity index (χ3v) is 2.62. The van der Waals surface area contributed by atoms with Crippen LogP contribution in [0.4, 0.5) is 4.79 Å². The smallest absolute Gasteiger partial charge is 0.406 e. The molecule has 0 aliphatic rings. The molecule has 1 amide bonds. The number of aliphatic hydroxyl groups excluding tert-OH is 1. The van der Waals surface area contributed by atoms with Crippen molar-refractivity contribution in [1.29, 1.82) is 0 Å². The normalized spacial score (nSPS) is 12.4. The first-order valence-corrected chi connectivity index (χ1v) is 6.34. The van der Waals surface area contributed by atoms with Crippen molar-refractivity contribution in [3.05, 3.63) is 0 Å². The van der Waals surface area contributed by atoms with E-state index < -0.39 is 12.3 Å². The Morgan fingerprint density at radius 3 is 2.06 bits per heavy atom. The molecule has 0 aromatic heterocycles. The zero-order valence-corrected chi connectivity index (χ0v) is 10.2. The highest BCUT2D eigenvalue weighted by molar-refractivity contribution is 5.64. The van der Waals surface area contributed by atoms with Crippen molar-refractivity contribution in [3.8, 4) is 0 Å². The molecule has 0 spiro atoms. The maximum Gasteiger partial charge on any atom is 0.406 e. The highest BCUT2D eigenvalue weighted by Crippen LogP contribution is 2.10. The molecule has 96 valence electrons. The standard InChI is InChI=1S/C12H25NO3/c1-2-3-4-5-6-7-8-9-10-11(14)13-12(15)16/h11,13-14H,2-10H2,1H3,(H,15,16). The van der Waals surface area contributed by atoms with Crippen molar-refractivity contribution in [1.82, 2.24) is 5.32 Å². The Labute approximate surface area is 98.1 Å².